The minimum Gasteiger partial charge on any atom is -0.496 e. The quantitative estimate of drug-likeness (QED) is 0.154. The molecule has 1 unspecified atom stereocenters. The van der Waals surface area contributed by atoms with E-state index in [9.17, 15) is 27.6 Å². The lowest BCUT2D eigenvalue weighted by molar-refractivity contribution is -0.141. The Morgan fingerprint density at radius 1 is 0.981 bits per heavy atom. The number of hydrogen-bond donors (Lipinski definition) is 1. The Morgan fingerprint density at radius 2 is 1.63 bits per heavy atom. The van der Waals surface area contributed by atoms with Gasteiger partial charge in [0.1, 0.15) is 29.2 Å². The van der Waals surface area contributed by atoms with Crippen molar-refractivity contribution in [3.63, 3.8) is 0 Å². The fraction of sp³-hybridized carbons (Fsp3) is 0.361. The molecule has 1 N–H and O–H groups in total. The molecule has 1 fully saturated rings. The maximum absolute atomic E-state index is 14.6. The van der Waals surface area contributed by atoms with Gasteiger partial charge in [0, 0.05) is 35.7 Å². The highest BCUT2D eigenvalue weighted by molar-refractivity contribution is 6.30. The van der Waals surface area contributed by atoms with Gasteiger partial charge in [-0.1, -0.05) is 23.7 Å². The lowest BCUT2D eigenvalue weighted by Gasteiger charge is -2.44. The van der Waals surface area contributed by atoms with E-state index >= 15 is 0 Å². The Labute approximate surface area is 317 Å². The van der Waals surface area contributed by atoms with E-state index in [0.29, 0.717) is 62.1 Å². The molecule has 3 aromatic carbocycles. The van der Waals surface area contributed by atoms with Crippen molar-refractivity contribution in [2.75, 3.05) is 54.1 Å². The number of nitrogens with one attached hydrogen (secondary N) is 1. The Bertz CT molecular complexity index is 1740. The number of halogens is 6. The summed E-state index contributed by atoms with van der Waals surface area (Å²) in [6.07, 6.45) is 2.08. The Kier molecular flexibility index (Phi) is 15.2. The van der Waals surface area contributed by atoms with Crippen molar-refractivity contribution in [3.05, 3.63) is 111 Å². The van der Waals surface area contributed by atoms with Crippen molar-refractivity contribution in [3.8, 4) is 5.75 Å². The third kappa shape index (κ3) is 8.95. The molecule has 282 valence electrons. The van der Waals surface area contributed by atoms with Crippen LogP contribution >= 0.6 is 36.4 Å². The third-order valence-corrected chi connectivity index (χ3v) is 9.50. The van der Waals surface area contributed by atoms with Gasteiger partial charge in [0.25, 0.3) is 0 Å². The summed E-state index contributed by atoms with van der Waals surface area (Å²) >= 11 is 6.20. The molecule has 5 rings (SSSR count). The molecule has 2 aliphatic rings. The second-order valence-electron chi connectivity index (χ2n) is 12.1. The molecule has 0 aromatic heterocycles. The monoisotopic (exact) mass is 786 g/mol. The van der Waals surface area contributed by atoms with Crippen molar-refractivity contribution in [2.45, 2.75) is 30.7 Å². The standard InChI is InChI=1S/C36H38ClF3N4O6.2ClH/c1-48-21-30-32(34(46)50-3)33(23-17-27(39)19-28(40)18-23)44(35(47)41-30)43(22-45)14-4-13-42-15-11-36(12-16-42,24-5-7-25(37)8-6-24)29-20-26(38)9-10-31(29)49-2;;/h5-10,17-20,22,33H,4,11-16,21H2,1-3H3,(H,41,47);2*1H. The number of carbonyl (C=O) groups is 3. The summed E-state index contributed by atoms with van der Waals surface area (Å²) in [5.74, 6) is -2.53. The second kappa shape index (κ2) is 18.7. The van der Waals surface area contributed by atoms with Crippen LogP contribution in [0.1, 0.15) is 42.0 Å². The maximum Gasteiger partial charge on any atom is 0.341 e. The van der Waals surface area contributed by atoms with Crippen LogP contribution in [0.5, 0.6) is 5.75 Å². The summed E-state index contributed by atoms with van der Waals surface area (Å²) in [7, 11) is 4.04. The molecule has 52 heavy (non-hydrogen) atoms. The van der Waals surface area contributed by atoms with E-state index in [1.165, 1.54) is 19.2 Å². The Balaban J connectivity index is 0.00000364. The first-order valence-electron chi connectivity index (χ1n) is 16.0. The average molecular weight is 788 g/mol. The lowest BCUT2D eigenvalue weighted by atomic mass is 9.67. The van der Waals surface area contributed by atoms with E-state index in [4.69, 9.17) is 25.8 Å². The predicted octanol–water partition coefficient (Wildman–Crippen LogP) is 6.59. The topological polar surface area (TPSA) is 101 Å². The molecule has 0 aliphatic carbocycles. The first kappa shape index (κ1) is 42.4. The van der Waals surface area contributed by atoms with Gasteiger partial charge in [0.15, 0.2) is 0 Å². The van der Waals surface area contributed by atoms with Crippen LogP contribution in [0.4, 0.5) is 18.0 Å². The van der Waals surface area contributed by atoms with Gasteiger partial charge in [-0.05, 0) is 92.5 Å². The van der Waals surface area contributed by atoms with Crippen molar-refractivity contribution in [1.82, 2.24) is 20.2 Å². The number of rotatable bonds is 13. The number of esters is 1. The van der Waals surface area contributed by atoms with Gasteiger partial charge in [0.05, 0.1) is 32.1 Å². The number of urea groups is 1. The number of carbonyl (C=O) groups excluding carboxylic acids is 3. The molecule has 0 radical (unpaired) electrons. The van der Waals surface area contributed by atoms with E-state index in [-0.39, 0.29) is 60.6 Å². The predicted molar refractivity (Wildman–Crippen MR) is 193 cm³/mol. The van der Waals surface area contributed by atoms with Crippen LogP contribution in [0.15, 0.2) is 71.9 Å². The molecule has 0 spiro atoms. The molecule has 1 atom stereocenters. The van der Waals surface area contributed by atoms with E-state index in [0.717, 1.165) is 40.4 Å². The highest BCUT2D eigenvalue weighted by Crippen LogP contribution is 2.46. The van der Waals surface area contributed by atoms with Gasteiger partial charge >= 0.3 is 12.0 Å². The summed E-state index contributed by atoms with van der Waals surface area (Å²) in [6, 6.07) is 12.5. The molecule has 0 bridgehead atoms. The minimum atomic E-state index is -1.41. The second-order valence-corrected chi connectivity index (χ2v) is 12.5. The number of amides is 3. The van der Waals surface area contributed by atoms with Gasteiger partial charge in [-0.15, -0.1) is 24.8 Å². The number of ether oxygens (including phenoxy) is 3. The molecular weight excluding hydrogens is 748 g/mol. The first-order valence-corrected chi connectivity index (χ1v) is 16.3. The van der Waals surface area contributed by atoms with Crippen LogP contribution in [-0.2, 0) is 24.5 Å². The summed E-state index contributed by atoms with van der Waals surface area (Å²) in [5, 5.41) is 5.20. The summed E-state index contributed by atoms with van der Waals surface area (Å²) in [5.41, 5.74) is 0.976. The largest absolute Gasteiger partial charge is 0.496 e. The fourth-order valence-corrected chi connectivity index (χ4v) is 7.06. The Morgan fingerprint density at radius 3 is 2.21 bits per heavy atom. The van der Waals surface area contributed by atoms with Crippen molar-refractivity contribution < 1.29 is 41.8 Å². The first-order chi connectivity index (χ1) is 24.0. The zero-order chi connectivity index (χ0) is 36.0. The van der Waals surface area contributed by atoms with Gasteiger partial charge in [0.2, 0.25) is 6.41 Å². The smallest absolute Gasteiger partial charge is 0.341 e. The fourth-order valence-electron chi connectivity index (χ4n) is 6.93. The minimum absolute atomic E-state index is 0. The van der Waals surface area contributed by atoms with Crippen molar-refractivity contribution in [1.29, 1.82) is 0 Å². The molecule has 16 heteroatoms. The number of benzene rings is 3. The molecule has 10 nitrogen and oxygen atoms in total. The van der Waals surface area contributed by atoms with Crippen LogP contribution in [0.25, 0.3) is 0 Å². The number of piperidine rings is 1. The van der Waals surface area contributed by atoms with Crippen LogP contribution in [-0.4, -0.2) is 87.4 Å². The van der Waals surface area contributed by atoms with E-state index < -0.39 is 35.1 Å². The maximum atomic E-state index is 14.6. The third-order valence-electron chi connectivity index (χ3n) is 9.25. The van der Waals surface area contributed by atoms with E-state index in [1.54, 1.807) is 13.2 Å². The van der Waals surface area contributed by atoms with Crippen LogP contribution in [0.3, 0.4) is 0 Å². The van der Waals surface area contributed by atoms with Crippen LogP contribution in [0.2, 0.25) is 5.02 Å². The molecule has 1 saturated heterocycles. The Hall–Kier alpha value is -4.01. The summed E-state index contributed by atoms with van der Waals surface area (Å²) in [6.45, 7) is 1.57. The summed E-state index contributed by atoms with van der Waals surface area (Å²) in [4.78, 5) is 41.3. The average Bonchev–Trinajstić information content (AvgIpc) is 3.10. The van der Waals surface area contributed by atoms with Gasteiger partial charge in [-0.2, -0.15) is 0 Å². The van der Waals surface area contributed by atoms with Crippen molar-refractivity contribution >= 4 is 54.8 Å². The molecular formula is C36H40Cl3F3N4O6. The summed E-state index contributed by atoms with van der Waals surface area (Å²) < 4.78 is 59.4. The normalized spacial score (nSPS) is 17.0. The molecule has 0 saturated carbocycles. The van der Waals surface area contributed by atoms with Crippen LogP contribution in [0, 0.1) is 17.5 Å². The lowest BCUT2D eigenvalue weighted by Crippen LogP contribution is -2.57. The molecule has 2 aliphatic heterocycles. The van der Waals surface area contributed by atoms with Gasteiger partial charge in [-0.3, -0.25) is 9.80 Å². The zero-order valence-electron chi connectivity index (χ0n) is 28.7. The number of nitrogens with zero attached hydrogens (tertiary/aromatic N) is 3. The molecule has 3 amide bonds. The number of hydrogen-bond acceptors (Lipinski definition) is 7. The SMILES string of the molecule is COCC1=C(C(=O)OC)C(c2cc(F)cc(F)c2)N(N(C=O)CCCN2CCC(c3ccc(Cl)cc3)(c3cc(F)ccc3OC)CC2)C(=O)N1.Cl.Cl. The van der Waals surface area contributed by atoms with E-state index in [2.05, 4.69) is 10.2 Å². The van der Waals surface area contributed by atoms with E-state index in [1.807, 2.05) is 24.3 Å². The highest BCUT2D eigenvalue weighted by Gasteiger charge is 2.43. The zero-order valence-corrected chi connectivity index (χ0v) is 31.1. The van der Waals surface area contributed by atoms with Gasteiger partial charge in [-0.25, -0.2) is 27.8 Å². The molecule has 2 heterocycles. The van der Waals surface area contributed by atoms with Gasteiger partial charge < -0.3 is 24.4 Å². The number of likely N-dealkylation sites (tertiary alicyclic amines) is 1. The number of hydrazine groups is 1. The highest BCUT2D eigenvalue weighted by atomic mass is 35.5. The van der Waals surface area contributed by atoms with Crippen molar-refractivity contribution in [2.24, 2.45) is 0 Å². The molecule has 3 aromatic rings. The van der Waals surface area contributed by atoms with Crippen LogP contribution < -0.4 is 10.1 Å². The number of methoxy groups -OCH3 is 3.